The highest BCUT2D eigenvalue weighted by molar-refractivity contribution is 7.12. The summed E-state index contributed by atoms with van der Waals surface area (Å²) in [5.74, 6) is -0.888. The number of nitrogens with two attached hydrogens (primary N) is 1. The Kier molecular flexibility index (Phi) is 3.26. The standard InChI is InChI=1S/C13H13NO2S/c1-8-3-2-4-9(7-14)11(8)10-5-6-17-12(10)13(15)16/h2-6H,7,14H2,1H3,(H,15,16). The molecule has 3 N–H and O–H groups in total. The normalized spacial score (nSPS) is 10.5. The van der Waals surface area contributed by atoms with E-state index in [1.54, 1.807) is 5.38 Å². The summed E-state index contributed by atoms with van der Waals surface area (Å²) in [6.07, 6.45) is 0. The molecule has 88 valence electrons. The molecule has 0 aliphatic heterocycles. The van der Waals surface area contributed by atoms with Gasteiger partial charge in [0.15, 0.2) is 0 Å². The average molecular weight is 247 g/mol. The minimum absolute atomic E-state index is 0.369. The minimum atomic E-state index is -0.888. The summed E-state index contributed by atoms with van der Waals surface area (Å²) in [6, 6.07) is 7.69. The van der Waals surface area contributed by atoms with Crippen LogP contribution >= 0.6 is 11.3 Å². The predicted octanol–water partition coefficient (Wildman–Crippen LogP) is 2.88. The number of hydrogen-bond acceptors (Lipinski definition) is 3. The first-order valence-electron chi connectivity index (χ1n) is 5.25. The van der Waals surface area contributed by atoms with Gasteiger partial charge in [0.2, 0.25) is 0 Å². The van der Waals surface area contributed by atoms with Crippen LogP contribution in [0.1, 0.15) is 20.8 Å². The first kappa shape index (κ1) is 11.8. The molecule has 0 amide bonds. The number of carboxylic acid groups (broad SMARTS) is 1. The molecule has 0 saturated carbocycles. The van der Waals surface area contributed by atoms with Crippen molar-refractivity contribution in [1.82, 2.24) is 0 Å². The van der Waals surface area contributed by atoms with Gasteiger partial charge >= 0.3 is 5.97 Å². The molecule has 2 aromatic rings. The molecule has 1 aromatic heterocycles. The van der Waals surface area contributed by atoms with Crippen molar-refractivity contribution in [1.29, 1.82) is 0 Å². The summed E-state index contributed by atoms with van der Waals surface area (Å²) in [7, 11) is 0. The maximum Gasteiger partial charge on any atom is 0.346 e. The Balaban J connectivity index is 2.68. The highest BCUT2D eigenvalue weighted by Gasteiger charge is 2.16. The molecule has 0 radical (unpaired) electrons. The van der Waals surface area contributed by atoms with Crippen LogP contribution in [-0.2, 0) is 6.54 Å². The highest BCUT2D eigenvalue weighted by Crippen LogP contribution is 2.33. The molecule has 0 aliphatic carbocycles. The van der Waals surface area contributed by atoms with Crippen molar-refractivity contribution in [3.63, 3.8) is 0 Å². The van der Waals surface area contributed by atoms with Crippen LogP contribution in [0.15, 0.2) is 29.6 Å². The van der Waals surface area contributed by atoms with Crippen LogP contribution in [0.2, 0.25) is 0 Å². The van der Waals surface area contributed by atoms with Crippen molar-refractivity contribution in [3.05, 3.63) is 45.6 Å². The lowest BCUT2D eigenvalue weighted by atomic mass is 9.95. The Morgan fingerprint density at radius 1 is 1.41 bits per heavy atom. The molecule has 3 nitrogen and oxygen atoms in total. The monoisotopic (exact) mass is 247 g/mol. The maximum atomic E-state index is 11.1. The second-order valence-corrected chi connectivity index (χ2v) is 4.70. The van der Waals surface area contributed by atoms with Gasteiger partial charge in [-0.3, -0.25) is 0 Å². The molecule has 0 atom stereocenters. The zero-order valence-corrected chi connectivity index (χ0v) is 10.3. The van der Waals surface area contributed by atoms with E-state index in [9.17, 15) is 4.79 Å². The fraction of sp³-hybridized carbons (Fsp3) is 0.154. The topological polar surface area (TPSA) is 63.3 Å². The zero-order chi connectivity index (χ0) is 12.4. The van der Waals surface area contributed by atoms with E-state index in [1.807, 2.05) is 31.2 Å². The lowest BCUT2D eigenvalue weighted by Crippen LogP contribution is -2.02. The Bertz CT molecular complexity index is 560. The molecule has 0 unspecified atom stereocenters. The van der Waals surface area contributed by atoms with Crippen LogP contribution in [0, 0.1) is 6.92 Å². The third-order valence-electron chi connectivity index (χ3n) is 2.71. The molecule has 0 fully saturated rings. The van der Waals surface area contributed by atoms with Crippen molar-refractivity contribution in [2.45, 2.75) is 13.5 Å². The van der Waals surface area contributed by atoms with Gasteiger partial charge in [0.25, 0.3) is 0 Å². The number of thiophene rings is 1. The lowest BCUT2D eigenvalue weighted by molar-refractivity contribution is 0.0703. The third kappa shape index (κ3) is 2.09. The van der Waals surface area contributed by atoms with Crippen molar-refractivity contribution < 1.29 is 9.90 Å². The fourth-order valence-corrected chi connectivity index (χ4v) is 2.69. The summed E-state index contributed by atoms with van der Waals surface area (Å²) in [4.78, 5) is 11.5. The zero-order valence-electron chi connectivity index (χ0n) is 9.43. The van der Waals surface area contributed by atoms with E-state index in [0.29, 0.717) is 11.4 Å². The molecule has 4 heteroatoms. The second-order valence-electron chi connectivity index (χ2n) is 3.78. The van der Waals surface area contributed by atoms with Gasteiger partial charge < -0.3 is 10.8 Å². The number of carbonyl (C=O) groups is 1. The van der Waals surface area contributed by atoms with E-state index in [1.165, 1.54) is 11.3 Å². The first-order chi connectivity index (χ1) is 8.15. The molecular weight excluding hydrogens is 234 g/mol. The van der Waals surface area contributed by atoms with Crippen molar-refractivity contribution in [2.24, 2.45) is 5.73 Å². The Morgan fingerprint density at radius 2 is 2.18 bits per heavy atom. The molecule has 2 rings (SSSR count). The summed E-state index contributed by atoms with van der Waals surface area (Å²) in [6.45, 7) is 2.38. The number of carboxylic acids is 1. The van der Waals surface area contributed by atoms with Gasteiger partial charge in [0.1, 0.15) is 4.88 Å². The van der Waals surface area contributed by atoms with Crippen LogP contribution in [0.25, 0.3) is 11.1 Å². The van der Waals surface area contributed by atoms with Gasteiger partial charge in [0.05, 0.1) is 0 Å². The SMILES string of the molecule is Cc1cccc(CN)c1-c1ccsc1C(=O)O. The van der Waals surface area contributed by atoms with E-state index in [2.05, 4.69) is 0 Å². The molecule has 0 aliphatic rings. The summed E-state index contributed by atoms with van der Waals surface area (Å²) < 4.78 is 0. The summed E-state index contributed by atoms with van der Waals surface area (Å²) >= 11 is 1.24. The van der Waals surface area contributed by atoms with Crippen LogP contribution in [0.4, 0.5) is 0 Å². The number of hydrogen-bond donors (Lipinski definition) is 2. The van der Waals surface area contributed by atoms with Gasteiger partial charge in [-0.05, 0) is 35.1 Å². The van der Waals surface area contributed by atoms with Gasteiger partial charge in [-0.2, -0.15) is 0 Å². The lowest BCUT2D eigenvalue weighted by Gasteiger charge is -2.10. The van der Waals surface area contributed by atoms with Crippen molar-refractivity contribution in [2.75, 3.05) is 0 Å². The Morgan fingerprint density at radius 3 is 2.82 bits per heavy atom. The Hall–Kier alpha value is -1.65. The number of rotatable bonds is 3. The number of aryl methyl sites for hydroxylation is 1. The van der Waals surface area contributed by atoms with E-state index in [0.717, 1.165) is 22.3 Å². The fourth-order valence-electron chi connectivity index (χ4n) is 1.96. The van der Waals surface area contributed by atoms with Crippen molar-refractivity contribution >= 4 is 17.3 Å². The quantitative estimate of drug-likeness (QED) is 0.876. The minimum Gasteiger partial charge on any atom is -0.477 e. The molecule has 1 heterocycles. The average Bonchev–Trinajstić information content (AvgIpc) is 2.77. The number of aromatic carboxylic acids is 1. The second kappa shape index (κ2) is 4.69. The first-order valence-corrected chi connectivity index (χ1v) is 6.13. The van der Waals surface area contributed by atoms with Gasteiger partial charge in [0, 0.05) is 12.1 Å². The van der Waals surface area contributed by atoms with E-state index in [4.69, 9.17) is 10.8 Å². The van der Waals surface area contributed by atoms with Crippen molar-refractivity contribution in [3.8, 4) is 11.1 Å². The molecule has 0 bridgehead atoms. The largest absolute Gasteiger partial charge is 0.477 e. The highest BCUT2D eigenvalue weighted by atomic mass is 32.1. The molecule has 17 heavy (non-hydrogen) atoms. The Labute approximate surface area is 104 Å². The molecular formula is C13H13NO2S. The molecule has 1 aromatic carbocycles. The predicted molar refractivity (Wildman–Crippen MR) is 69.3 cm³/mol. The van der Waals surface area contributed by atoms with Gasteiger partial charge in [-0.15, -0.1) is 11.3 Å². The van der Waals surface area contributed by atoms with Crippen LogP contribution in [0.5, 0.6) is 0 Å². The third-order valence-corrected chi connectivity index (χ3v) is 3.61. The van der Waals surface area contributed by atoms with E-state index < -0.39 is 5.97 Å². The van der Waals surface area contributed by atoms with Crippen LogP contribution in [0.3, 0.4) is 0 Å². The maximum absolute atomic E-state index is 11.1. The van der Waals surface area contributed by atoms with E-state index >= 15 is 0 Å². The number of benzene rings is 1. The van der Waals surface area contributed by atoms with E-state index in [-0.39, 0.29) is 0 Å². The van der Waals surface area contributed by atoms with Gasteiger partial charge in [-0.25, -0.2) is 4.79 Å². The smallest absolute Gasteiger partial charge is 0.346 e. The van der Waals surface area contributed by atoms with Gasteiger partial charge in [-0.1, -0.05) is 18.2 Å². The summed E-state index contributed by atoms with van der Waals surface area (Å²) in [5.41, 5.74) is 9.45. The molecule has 0 spiro atoms. The summed E-state index contributed by atoms with van der Waals surface area (Å²) in [5, 5.41) is 10.9. The van der Waals surface area contributed by atoms with Crippen LogP contribution < -0.4 is 5.73 Å². The van der Waals surface area contributed by atoms with Crippen LogP contribution in [-0.4, -0.2) is 11.1 Å². The molecule has 0 saturated heterocycles.